The smallest absolute Gasteiger partial charge is 0.141 e. The van der Waals surface area contributed by atoms with Gasteiger partial charge in [-0.25, -0.2) is 0 Å². The Morgan fingerprint density at radius 3 is 2.60 bits per heavy atom. The highest BCUT2D eigenvalue weighted by Gasteiger charge is 2.36. The third kappa shape index (κ3) is 5.51. The predicted molar refractivity (Wildman–Crippen MR) is 121 cm³/mol. The first kappa shape index (κ1) is 22.0. The lowest BCUT2D eigenvalue weighted by Crippen LogP contribution is -2.46. The van der Waals surface area contributed by atoms with Crippen molar-refractivity contribution in [1.82, 2.24) is 24.9 Å². The van der Waals surface area contributed by atoms with E-state index in [0.29, 0.717) is 18.0 Å². The molecule has 3 fully saturated rings. The van der Waals surface area contributed by atoms with Crippen LogP contribution in [0, 0.1) is 11.3 Å². The van der Waals surface area contributed by atoms with E-state index < -0.39 is 0 Å². The molecule has 0 amide bonds. The number of carbonyl (C=O) groups excluding carboxylic acids is 1. The summed E-state index contributed by atoms with van der Waals surface area (Å²) in [5.74, 6) is 0.929. The summed E-state index contributed by atoms with van der Waals surface area (Å²) in [6.45, 7) is 7.72. The minimum Gasteiger partial charge on any atom is -0.317 e. The van der Waals surface area contributed by atoms with E-state index in [2.05, 4.69) is 27.3 Å². The van der Waals surface area contributed by atoms with Crippen LogP contribution in [0.25, 0.3) is 0 Å². The van der Waals surface area contributed by atoms with Crippen LogP contribution in [0.5, 0.6) is 0 Å². The quantitative estimate of drug-likeness (QED) is 0.662. The molecule has 1 aromatic rings. The van der Waals surface area contributed by atoms with Crippen molar-refractivity contribution in [3.63, 3.8) is 0 Å². The lowest BCUT2D eigenvalue weighted by molar-refractivity contribution is -0.108. The van der Waals surface area contributed by atoms with Crippen molar-refractivity contribution in [2.24, 2.45) is 11.3 Å². The van der Waals surface area contributed by atoms with Crippen LogP contribution in [0.15, 0.2) is 12.3 Å². The fourth-order valence-corrected chi connectivity index (χ4v) is 6.12. The summed E-state index contributed by atoms with van der Waals surface area (Å²) in [5, 5.41) is 7.79. The number of carbonyl (C=O) groups is 1. The second kappa shape index (κ2) is 10.4. The number of rotatable bonds is 8. The van der Waals surface area contributed by atoms with E-state index in [9.17, 15) is 4.79 Å². The Balaban J connectivity index is 1.15. The number of aromatic nitrogens is 2. The van der Waals surface area contributed by atoms with Gasteiger partial charge in [-0.1, -0.05) is 0 Å². The van der Waals surface area contributed by atoms with Gasteiger partial charge in [0.15, 0.2) is 0 Å². The van der Waals surface area contributed by atoms with E-state index in [1.165, 1.54) is 84.1 Å². The number of piperidine rings is 2. The van der Waals surface area contributed by atoms with Crippen LogP contribution >= 0.6 is 0 Å². The second-order valence-corrected chi connectivity index (χ2v) is 10.1. The van der Waals surface area contributed by atoms with Crippen LogP contribution < -0.4 is 5.32 Å². The summed E-state index contributed by atoms with van der Waals surface area (Å²) in [6, 6.07) is 2.73. The maximum Gasteiger partial charge on any atom is 0.141 e. The zero-order valence-electron chi connectivity index (χ0n) is 18.9. The summed E-state index contributed by atoms with van der Waals surface area (Å²) in [7, 11) is 2.26. The average Bonchev–Trinajstić information content (AvgIpc) is 3.22. The number of likely N-dealkylation sites (N-methyl/N-ethyl adjacent to an activating group) is 1. The highest BCUT2D eigenvalue weighted by molar-refractivity contribution is 5.49. The molecule has 30 heavy (non-hydrogen) atoms. The molecule has 1 saturated carbocycles. The van der Waals surface area contributed by atoms with E-state index in [-0.39, 0.29) is 0 Å². The Kier molecular flexibility index (Phi) is 7.60. The van der Waals surface area contributed by atoms with E-state index in [1.807, 2.05) is 10.7 Å². The molecule has 3 heterocycles. The van der Waals surface area contributed by atoms with Crippen LogP contribution in [-0.2, 0) is 17.8 Å². The molecule has 6 nitrogen and oxygen atoms in total. The molecular weight excluding hydrogens is 374 g/mol. The number of nitrogens with zero attached hydrogens (tertiary/aromatic N) is 4. The Bertz CT molecular complexity index is 650. The summed E-state index contributed by atoms with van der Waals surface area (Å²) < 4.78 is 1.82. The lowest BCUT2D eigenvalue weighted by atomic mass is 9.65. The van der Waals surface area contributed by atoms with Crippen molar-refractivity contribution in [2.45, 2.75) is 70.4 Å². The zero-order chi connectivity index (χ0) is 20.8. The first-order valence-electron chi connectivity index (χ1n) is 12.3. The molecule has 0 atom stereocenters. The molecule has 168 valence electrons. The van der Waals surface area contributed by atoms with E-state index in [4.69, 9.17) is 0 Å². The van der Waals surface area contributed by atoms with Crippen molar-refractivity contribution < 1.29 is 4.79 Å². The molecule has 1 N–H and O–H groups in total. The molecule has 1 aromatic heterocycles. The van der Waals surface area contributed by atoms with Gasteiger partial charge in [-0.3, -0.25) is 4.68 Å². The van der Waals surface area contributed by atoms with Gasteiger partial charge in [-0.2, -0.15) is 5.10 Å². The second-order valence-electron chi connectivity index (χ2n) is 10.1. The van der Waals surface area contributed by atoms with E-state index in [0.717, 1.165) is 30.9 Å². The van der Waals surface area contributed by atoms with Crippen molar-refractivity contribution in [2.75, 3.05) is 46.3 Å². The first-order chi connectivity index (χ1) is 14.7. The highest BCUT2D eigenvalue weighted by atomic mass is 16.1. The summed E-state index contributed by atoms with van der Waals surface area (Å²) in [6.07, 6.45) is 14.9. The van der Waals surface area contributed by atoms with E-state index in [1.54, 1.807) is 6.20 Å². The van der Waals surface area contributed by atoms with Gasteiger partial charge in [0.25, 0.3) is 0 Å². The molecular formula is C24H41N5O. The molecule has 2 aliphatic heterocycles. The molecule has 1 spiro atoms. The fourth-order valence-electron chi connectivity index (χ4n) is 6.12. The van der Waals surface area contributed by atoms with Crippen molar-refractivity contribution >= 4 is 6.29 Å². The molecule has 0 aromatic carbocycles. The number of likely N-dealkylation sites (tertiary alicyclic amines) is 1. The standard InChI is InChI=1S/C24H41N5O/c1-27(15-5-23-4-12-26-29(23)18-19-30)22-6-16-28(17-7-22)20-21-2-8-24(9-3-21)10-13-25-14-11-24/h4,12,19,21-22,25H,2-3,5-11,13-18,20H2,1H3. The van der Waals surface area contributed by atoms with Crippen molar-refractivity contribution in [3.8, 4) is 0 Å². The predicted octanol–water partition coefficient (Wildman–Crippen LogP) is 2.58. The number of aldehydes is 1. The summed E-state index contributed by atoms with van der Waals surface area (Å²) in [5.41, 5.74) is 1.86. The zero-order valence-corrected chi connectivity index (χ0v) is 18.9. The van der Waals surface area contributed by atoms with Gasteiger partial charge in [0.1, 0.15) is 6.29 Å². The number of hydrogen-bond acceptors (Lipinski definition) is 5. The van der Waals surface area contributed by atoms with E-state index >= 15 is 0 Å². The van der Waals surface area contributed by atoms with Crippen molar-refractivity contribution in [3.05, 3.63) is 18.0 Å². The summed E-state index contributed by atoms with van der Waals surface area (Å²) in [4.78, 5) is 16.1. The Morgan fingerprint density at radius 2 is 1.90 bits per heavy atom. The Morgan fingerprint density at radius 1 is 1.17 bits per heavy atom. The number of nitrogens with one attached hydrogen (secondary N) is 1. The normalized spacial score (nSPS) is 23.9. The molecule has 0 radical (unpaired) electrons. The largest absolute Gasteiger partial charge is 0.317 e. The summed E-state index contributed by atoms with van der Waals surface area (Å²) >= 11 is 0. The first-order valence-corrected chi connectivity index (χ1v) is 12.3. The minimum absolute atomic E-state index is 0.365. The maximum absolute atomic E-state index is 10.8. The molecule has 2 saturated heterocycles. The maximum atomic E-state index is 10.8. The third-order valence-electron chi connectivity index (χ3n) is 8.30. The van der Waals surface area contributed by atoms with Crippen LogP contribution in [0.3, 0.4) is 0 Å². The van der Waals surface area contributed by atoms with Crippen LogP contribution in [-0.4, -0.2) is 78.2 Å². The molecule has 3 aliphatic rings. The Hall–Kier alpha value is -1.24. The molecule has 1 aliphatic carbocycles. The van der Waals surface area contributed by atoms with Gasteiger partial charge in [0.2, 0.25) is 0 Å². The molecule has 6 heteroatoms. The topological polar surface area (TPSA) is 53.4 Å². The van der Waals surface area contributed by atoms with Gasteiger partial charge in [0, 0.05) is 37.4 Å². The number of hydrogen-bond donors (Lipinski definition) is 1. The highest BCUT2D eigenvalue weighted by Crippen LogP contribution is 2.45. The Labute approximate surface area is 182 Å². The van der Waals surface area contributed by atoms with Gasteiger partial charge in [-0.05, 0) is 102 Å². The fraction of sp³-hybridized carbons (Fsp3) is 0.833. The van der Waals surface area contributed by atoms with Gasteiger partial charge in [-0.15, -0.1) is 0 Å². The van der Waals surface area contributed by atoms with Crippen LogP contribution in [0.2, 0.25) is 0 Å². The van der Waals surface area contributed by atoms with Gasteiger partial charge < -0.3 is 19.9 Å². The molecule has 0 unspecified atom stereocenters. The molecule has 0 bridgehead atoms. The minimum atomic E-state index is 0.365. The van der Waals surface area contributed by atoms with Gasteiger partial charge in [0.05, 0.1) is 6.54 Å². The molecule has 4 rings (SSSR count). The lowest BCUT2D eigenvalue weighted by Gasteiger charge is -2.45. The van der Waals surface area contributed by atoms with Crippen LogP contribution in [0.1, 0.15) is 57.1 Å². The monoisotopic (exact) mass is 415 g/mol. The third-order valence-corrected chi connectivity index (χ3v) is 8.30. The average molecular weight is 416 g/mol. The van der Waals surface area contributed by atoms with Crippen molar-refractivity contribution in [1.29, 1.82) is 0 Å². The van der Waals surface area contributed by atoms with Gasteiger partial charge >= 0.3 is 0 Å². The SMILES string of the molecule is CN(CCc1ccnn1CC=O)C1CCN(CC2CCC3(CCNCC3)CC2)CC1. The van der Waals surface area contributed by atoms with Crippen LogP contribution in [0.4, 0.5) is 0 Å².